The Bertz CT molecular complexity index is 1050. The maximum Gasteiger partial charge on any atom is 0.258 e. The van der Waals surface area contributed by atoms with Gasteiger partial charge in [0.15, 0.2) is 5.58 Å². The SMILES string of the molecule is Cn1nc(Br)c2c1CCN(CCN1CCC(c3noc4ccccc34)CC1)C2=O. The molecule has 5 rings (SSSR count). The molecule has 0 aliphatic carbocycles. The lowest BCUT2D eigenvalue weighted by molar-refractivity contribution is 0.0707. The molecular formula is C21H24BrN5O2. The Balaban J connectivity index is 1.18. The van der Waals surface area contributed by atoms with E-state index in [1.807, 2.05) is 34.8 Å². The Morgan fingerprint density at radius 1 is 1.17 bits per heavy atom. The van der Waals surface area contributed by atoms with Crippen molar-refractivity contribution >= 4 is 32.8 Å². The van der Waals surface area contributed by atoms with Gasteiger partial charge in [0.25, 0.3) is 5.91 Å². The molecule has 2 aliphatic rings. The molecule has 0 radical (unpaired) electrons. The van der Waals surface area contributed by atoms with Crippen LogP contribution in [0.2, 0.25) is 0 Å². The number of piperidine rings is 1. The summed E-state index contributed by atoms with van der Waals surface area (Å²) in [5, 5.41) is 9.83. The number of nitrogens with zero attached hydrogens (tertiary/aromatic N) is 5. The third-order valence-electron chi connectivity index (χ3n) is 6.31. The van der Waals surface area contributed by atoms with Gasteiger partial charge in [-0.25, -0.2) is 0 Å². The highest BCUT2D eigenvalue weighted by Gasteiger charge is 2.31. The highest BCUT2D eigenvalue weighted by Crippen LogP contribution is 2.32. The fraction of sp³-hybridized carbons (Fsp3) is 0.476. The first-order chi connectivity index (χ1) is 14.1. The summed E-state index contributed by atoms with van der Waals surface area (Å²) >= 11 is 3.44. The van der Waals surface area contributed by atoms with E-state index >= 15 is 0 Å². The number of rotatable bonds is 4. The number of hydrogen-bond donors (Lipinski definition) is 0. The molecule has 0 saturated carbocycles. The van der Waals surface area contributed by atoms with Crippen molar-refractivity contribution in [3.63, 3.8) is 0 Å². The summed E-state index contributed by atoms with van der Waals surface area (Å²) in [6.45, 7) is 4.48. The van der Waals surface area contributed by atoms with Crippen LogP contribution in [0.5, 0.6) is 0 Å². The van der Waals surface area contributed by atoms with Crippen LogP contribution in [-0.2, 0) is 13.5 Å². The lowest BCUT2D eigenvalue weighted by atomic mass is 9.91. The molecule has 8 heteroatoms. The van der Waals surface area contributed by atoms with Crippen molar-refractivity contribution in [2.24, 2.45) is 7.05 Å². The normalized spacial score (nSPS) is 18.6. The first-order valence-corrected chi connectivity index (χ1v) is 11.0. The Hall–Kier alpha value is -2.19. The third-order valence-corrected chi connectivity index (χ3v) is 6.86. The summed E-state index contributed by atoms with van der Waals surface area (Å²) in [7, 11) is 1.90. The number of aromatic nitrogens is 3. The molecule has 29 heavy (non-hydrogen) atoms. The molecule has 2 aromatic heterocycles. The van der Waals surface area contributed by atoms with Crippen molar-refractivity contribution in [2.75, 3.05) is 32.7 Å². The zero-order valence-corrected chi connectivity index (χ0v) is 18.1. The fourth-order valence-corrected chi connectivity index (χ4v) is 5.26. The van der Waals surface area contributed by atoms with E-state index < -0.39 is 0 Å². The van der Waals surface area contributed by atoms with E-state index in [9.17, 15) is 4.79 Å². The minimum atomic E-state index is 0.0928. The summed E-state index contributed by atoms with van der Waals surface area (Å²) in [5.41, 5.74) is 3.73. The van der Waals surface area contributed by atoms with Gasteiger partial charge in [-0.15, -0.1) is 0 Å². The predicted molar refractivity (Wildman–Crippen MR) is 113 cm³/mol. The number of fused-ring (bicyclic) bond motifs is 2. The average molecular weight is 458 g/mol. The molecule has 0 N–H and O–H groups in total. The van der Waals surface area contributed by atoms with E-state index in [1.54, 1.807) is 0 Å². The molecule has 0 atom stereocenters. The maximum absolute atomic E-state index is 12.9. The van der Waals surface area contributed by atoms with Crippen LogP contribution in [0.25, 0.3) is 11.0 Å². The van der Waals surface area contributed by atoms with E-state index in [-0.39, 0.29) is 5.91 Å². The van der Waals surface area contributed by atoms with E-state index in [2.05, 4.69) is 37.2 Å². The molecule has 2 aliphatic heterocycles. The molecule has 152 valence electrons. The van der Waals surface area contributed by atoms with Gasteiger partial charge in [-0.1, -0.05) is 17.3 Å². The Morgan fingerprint density at radius 3 is 2.79 bits per heavy atom. The van der Waals surface area contributed by atoms with Crippen LogP contribution < -0.4 is 0 Å². The smallest absolute Gasteiger partial charge is 0.258 e. The molecule has 7 nitrogen and oxygen atoms in total. The molecule has 3 aromatic rings. The number of carbonyl (C=O) groups is 1. The van der Waals surface area contributed by atoms with Gasteiger partial charge in [0.05, 0.1) is 17.0 Å². The minimum Gasteiger partial charge on any atom is -0.356 e. The lowest BCUT2D eigenvalue weighted by Crippen LogP contribution is -2.44. The van der Waals surface area contributed by atoms with Gasteiger partial charge in [0.2, 0.25) is 0 Å². The van der Waals surface area contributed by atoms with Crippen molar-refractivity contribution in [1.82, 2.24) is 24.7 Å². The van der Waals surface area contributed by atoms with Gasteiger partial charge < -0.3 is 14.3 Å². The summed E-state index contributed by atoms with van der Waals surface area (Å²) in [6.07, 6.45) is 3.00. The maximum atomic E-state index is 12.9. The van der Waals surface area contributed by atoms with Crippen LogP contribution in [0.15, 0.2) is 33.4 Å². The third kappa shape index (κ3) is 3.38. The second kappa shape index (κ2) is 7.57. The highest BCUT2D eigenvalue weighted by molar-refractivity contribution is 9.10. The molecule has 0 bridgehead atoms. The summed E-state index contributed by atoms with van der Waals surface area (Å²) in [4.78, 5) is 17.3. The molecule has 0 spiro atoms. The second-order valence-corrected chi connectivity index (χ2v) is 8.71. The standard InChI is InChI=1S/C21H24BrN5O2/c1-25-16-8-11-27(21(28)18(16)20(22)23-25)13-12-26-9-6-14(7-10-26)19-15-4-2-3-5-17(15)29-24-19/h2-5,14H,6-13H2,1H3. The van der Waals surface area contributed by atoms with Gasteiger partial charge in [0.1, 0.15) is 4.60 Å². The van der Waals surface area contributed by atoms with Crippen LogP contribution in [0.1, 0.15) is 40.5 Å². The number of hydrogen-bond acceptors (Lipinski definition) is 5. The molecular weight excluding hydrogens is 434 g/mol. The monoisotopic (exact) mass is 457 g/mol. The quantitative estimate of drug-likeness (QED) is 0.601. The van der Waals surface area contributed by atoms with Crippen LogP contribution in [0.3, 0.4) is 0 Å². The van der Waals surface area contributed by atoms with Crippen molar-refractivity contribution < 1.29 is 9.32 Å². The van der Waals surface area contributed by atoms with Crippen LogP contribution in [0, 0.1) is 0 Å². The lowest BCUT2D eigenvalue weighted by Gasteiger charge is -2.34. The molecule has 1 fully saturated rings. The fourth-order valence-electron chi connectivity index (χ4n) is 4.63. The molecule has 0 unspecified atom stereocenters. The van der Waals surface area contributed by atoms with E-state index in [0.717, 1.165) is 79.9 Å². The molecule has 1 aromatic carbocycles. The topological polar surface area (TPSA) is 67.4 Å². The van der Waals surface area contributed by atoms with Crippen LogP contribution in [0.4, 0.5) is 0 Å². The van der Waals surface area contributed by atoms with E-state index in [0.29, 0.717) is 10.5 Å². The van der Waals surface area contributed by atoms with Crippen molar-refractivity contribution in [2.45, 2.75) is 25.2 Å². The van der Waals surface area contributed by atoms with Crippen molar-refractivity contribution in [3.05, 3.63) is 45.8 Å². The van der Waals surface area contributed by atoms with Crippen molar-refractivity contribution in [3.8, 4) is 0 Å². The number of benzene rings is 1. The van der Waals surface area contributed by atoms with E-state index in [4.69, 9.17) is 4.52 Å². The first kappa shape index (κ1) is 18.8. The summed E-state index contributed by atoms with van der Waals surface area (Å²) in [5.74, 6) is 0.538. The number of carbonyl (C=O) groups excluding carboxylic acids is 1. The minimum absolute atomic E-state index is 0.0928. The molecule has 4 heterocycles. The van der Waals surface area contributed by atoms with Gasteiger partial charge in [0, 0.05) is 44.4 Å². The second-order valence-electron chi connectivity index (χ2n) is 7.96. The summed E-state index contributed by atoms with van der Waals surface area (Å²) in [6, 6.07) is 8.09. The van der Waals surface area contributed by atoms with Gasteiger partial charge >= 0.3 is 0 Å². The van der Waals surface area contributed by atoms with Crippen LogP contribution in [-0.4, -0.2) is 63.4 Å². The van der Waals surface area contributed by atoms with Gasteiger partial charge in [-0.05, 0) is 54.0 Å². The zero-order valence-electron chi connectivity index (χ0n) is 16.5. The first-order valence-electron chi connectivity index (χ1n) is 10.2. The van der Waals surface area contributed by atoms with Crippen molar-refractivity contribution in [1.29, 1.82) is 0 Å². The van der Waals surface area contributed by atoms with Gasteiger partial charge in [-0.3, -0.25) is 9.48 Å². The number of amides is 1. The number of halogens is 1. The average Bonchev–Trinajstić information content (AvgIpc) is 3.29. The Kier molecular flexibility index (Phi) is 4.91. The van der Waals surface area contributed by atoms with Crippen LogP contribution >= 0.6 is 15.9 Å². The Labute approximate surface area is 177 Å². The molecule has 1 amide bonds. The Morgan fingerprint density at radius 2 is 1.97 bits per heavy atom. The molecule has 1 saturated heterocycles. The zero-order chi connectivity index (χ0) is 20.0. The highest BCUT2D eigenvalue weighted by atomic mass is 79.9. The number of aryl methyl sites for hydroxylation is 1. The van der Waals surface area contributed by atoms with E-state index in [1.165, 1.54) is 0 Å². The predicted octanol–water partition coefficient (Wildman–Crippen LogP) is 3.20. The number of para-hydroxylation sites is 1. The van der Waals surface area contributed by atoms with Gasteiger partial charge in [-0.2, -0.15) is 5.10 Å². The largest absolute Gasteiger partial charge is 0.356 e. The number of likely N-dealkylation sites (tertiary alicyclic amines) is 1. The summed E-state index contributed by atoms with van der Waals surface area (Å²) < 4.78 is 7.96.